The lowest BCUT2D eigenvalue weighted by Gasteiger charge is -2.03. The zero-order valence-electron chi connectivity index (χ0n) is 13.0. The van der Waals surface area contributed by atoms with Gasteiger partial charge in [-0.2, -0.15) is 0 Å². The van der Waals surface area contributed by atoms with Crippen LogP contribution in [0, 0.1) is 10.7 Å². The molecule has 0 unspecified atom stereocenters. The first kappa shape index (κ1) is 14.9. The molecule has 4 rings (SSSR count). The van der Waals surface area contributed by atoms with Crippen molar-refractivity contribution in [3.63, 3.8) is 0 Å². The van der Waals surface area contributed by atoms with Gasteiger partial charge in [0.05, 0.1) is 17.2 Å². The lowest BCUT2D eigenvalue weighted by atomic mass is 10.3. The number of rotatable bonds is 0. The minimum absolute atomic E-state index is 0.157. The van der Waals surface area contributed by atoms with Gasteiger partial charge < -0.3 is 9.72 Å². The van der Waals surface area contributed by atoms with Crippen LogP contribution in [0.15, 0.2) is 51.8 Å². The van der Waals surface area contributed by atoms with Crippen LogP contribution < -0.4 is 15.4 Å². The number of carbonyl (C=O) groups excluding carboxylic acids is 1. The summed E-state index contributed by atoms with van der Waals surface area (Å²) >= 11 is 0. The molecule has 1 amide bonds. The fraction of sp³-hybridized carbons (Fsp3) is 0.0588. The minimum Gasteiger partial charge on any atom is -0.484 e. The normalized spacial score (nSPS) is 19.4. The summed E-state index contributed by atoms with van der Waals surface area (Å²) < 4.78 is 5.45. The number of hydrogen-bond donors (Lipinski definition) is 1. The first-order valence-electron chi connectivity index (χ1n) is 7.48. The molecular weight excluding hydrogens is 320 g/mol. The van der Waals surface area contributed by atoms with Crippen molar-refractivity contribution in [1.82, 2.24) is 15.0 Å². The topological polar surface area (TPSA) is 105 Å². The molecule has 1 N–H and O–H groups in total. The number of aliphatic imine (C=N–C) groups is 2. The number of aromatic nitrogens is 3. The van der Waals surface area contributed by atoms with Crippen LogP contribution in [-0.4, -0.2) is 39.9 Å². The summed E-state index contributed by atoms with van der Waals surface area (Å²) in [7, 11) is 0. The van der Waals surface area contributed by atoms with Gasteiger partial charge in [-0.15, -0.1) is 0 Å². The molecule has 25 heavy (non-hydrogen) atoms. The maximum atomic E-state index is 11.7. The number of H-pyrrole nitrogens is 1. The largest absolute Gasteiger partial charge is 0.484 e. The minimum atomic E-state index is -0.402. The van der Waals surface area contributed by atoms with Gasteiger partial charge in [-0.3, -0.25) is 9.79 Å². The summed E-state index contributed by atoms with van der Waals surface area (Å²) in [5.41, 5.74) is 1.83. The number of benzene rings is 1. The molecule has 0 aliphatic carbocycles. The van der Waals surface area contributed by atoms with E-state index in [0.717, 1.165) is 10.4 Å². The SMILES string of the molecule is O=C1COc2cccc(c2)/N=c2\nc[nH]c3nc/c(c2=3)=C/N=C/C=N/1. The highest BCUT2D eigenvalue weighted by Gasteiger charge is 2.03. The Balaban J connectivity index is 2.00. The number of nitrogens with zero attached hydrogens (tertiary/aromatic N) is 5. The van der Waals surface area contributed by atoms with E-state index in [9.17, 15) is 4.79 Å². The van der Waals surface area contributed by atoms with E-state index in [2.05, 4.69) is 29.9 Å². The van der Waals surface area contributed by atoms with Gasteiger partial charge in [-0.25, -0.2) is 20.0 Å². The van der Waals surface area contributed by atoms with Crippen molar-refractivity contribution in [2.75, 3.05) is 6.61 Å². The number of aromatic amines is 1. The van der Waals surface area contributed by atoms with Crippen molar-refractivity contribution < 1.29 is 9.53 Å². The molecule has 8 heteroatoms. The highest BCUT2D eigenvalue weighted by molar-refractivity contribution is 6.19. The number of amides is 1. The molecule has 8 nitrogen and oxygen atoms in total. The van der Waals surface area contributed by atoms with Crippen LogP contribution in [-0.2, 0) is 4.79 Å². The Morgan fingerprint density at radius 1 is 1.16 bits per heavy atom. The first-order chi connectivity index (χ1) is 12.3. The van der Waals surface area contributed by atoms with E-state index in [1.807, 2.05) is 6.07 Å². The average molecular weight is 332 g/mol. The monoisotopic (exact) mass is 332 g/mol. The molecule has 0 atom stereocenters. The van der Waals surface area contributed by atoms with Gasteiger partial charge in [0.1, 0.15) is 11.2 Å². The molecular formula is C17H12N6O2. The first-order valence-corrected chi connectivity index (χ1v) is 7.48. The fourth-order valence-electron chi connectivity index (χ4n) is 2.37. The van der Waals surface area contributed by atoms with Crippen molar-refractivity contribution >= 4 is 30.2 Å². The zero-order chi connectivity index (χ0) is 17.1. The van der Waals surface area contributed by atoms with Crippen LogP contribution in [0.25, 0.3) is 6.20 Å². The maximum Gasteiger partial charge on any atom is 0.283 e. The molecule has 0 radical (unpaired) electrons. The predicted molar refractivity (Wildman–Crippen MR) is 90.5 cm³/mol. The standard InChI is InChI=1S/C17H12N6O2/c24-14-9-25-13-3-1-2-12(6-13)23-17-15-11(7-18-4-5-19-14)8-20-16(15)21-10-22-17/h1-8,10H,9H2,(H,21,22,23)/b11-7-,18-4+,19-5+. The Kier molecular flexibility index (Phi) is 3.83. The van der Waals surface area contributed by atoms with Gasteiger partial charge in [0.2, 0.25) is 0 Å². The van der Waals surface area contributed by atoms with Crippen molar-refractivity contribution in [3.8, 4) is 5.75 Å². The van der Waals surface area contributed by atoms with E-state index < -0.39 is 5.91 Å². The molecule has 122 valence electrons. The van der Waals surface area contributed by atoms with Crippen molar-refractivity contribution in [2.24, 2.45) is 15.0 Å². The molecule has 1 aromatic rings. The number of nitrogens with one attached hydrogen (secondary N) is 1. The average Bonchev–Trinajstić information content (AvgIpc) is 3.04. The third-order valence-electron chi connectivity index (χ3n) is 3.47. The second-order valence-corrected chi connectivity index (χ2v) is 5.16. The zero-order valence-corrected chi connectivity index (χ0v) is 13.0. The van der Waals surface area contributed by atoms with Gasteiger partial charge >= 0.3 is 0 Å². The molecule has 0 spiro atoms. The second kappa shape index (κ2) is 6.44. The van der Waals surface area contributed by atoms with Crippen LogP contribution >= 0.6 is 0 Å². The number of hydrogen-bond acceptors (Lipinski definition) is 6. The Hall–Kier alpha value is -3.68. The number of fused-ring (bicyclic) bond motifs is 2. The van der Waals surface area contributed by atoms with Crippen LogP contribution in [0.5, 0.6) is 5.75 Å². The molecule has 0 saturated carbocycles. The molecule has 0 saturated heterocycles. The summed E-state index contributed by atoms with van der Waals surface area (Å²) in [5, 5.41) is 1.52. The maximum absolute atomic E-state index is 11.7. The van der Waals surface area contributed by atoms with Crippen LogP contribution in [0.2, 0.25) is 0 Å². The Labute approximate surface area is 141 Å². The molecule has 2 bridgehead atoms. The van der Waals surface area contributed by atoms with Gasteiger partial charge in [0, 0.05) is 36.1 Å². The lowest BCUT2D eigenvalue weighted by molar-refractivity contribution is -0.119. The molecule has 3 heterocycles. The van der Waals surface area contributed by atoms with E-state index in [1.54, 1.807) is 36.9 Å². The smallest absolute Gasteiger partial charge is 0.283 e. The van der Waals surface area contributed by atoms with E-state index in [1.165, 1.54) is 12.4 Å². The summed E-state index contributed by atoms with van der Waals surface area (Å²) in [4.78, 5) is 35.7. The lowest BCUT2D eigenvalue weighted by Crippen LogP contribution is -2.17. The summed E-state index contributed by atoms with van der Waals surface area (Å²) in [6, 6.07) is 7.11. The number of carbonyl (C=O) groups is 1. The van der Waals surface area contributed by atoms with Crippen LogP contribution in [0.4, 0.5) is 5.69 Å². The Bertz CT molecular complexity index is 1180. The van der Waals surface area contributed by atoms with Crippen LogP contribution in [0.3, 0.4) is 0 Å². The van der Waals surface area contributed by atoms with Gasteiger partial charge in [0.25, 0.3) is 5.91 Å². The van der Waals surface area contributed by atoms with Gasteiger partial charge in [0.15, 0.2) is 12.1 Å². The molecule has 0 fully saturated rings. The highest BCUT2D eigenvalue weighted by Crippen LogP contribution is 2.19. The molecule has 0 aromatic heterocycles. The van der Waals surface area contributed by atoms with Crippen molar-refractivity contribution in [3.05, 3.63) is 58.2 Å². The molecule has 3 aliphatic heterocycles. The van der Waals surface area contributed by atoms with Gasteiger partial charge in [-0.1, -0.05) is 6.07 Å². The van der Waals surface area contributed by atoms with E-state index in [0.29, 0.717) is 22.4 Å². The van der Waals surface area contributed by atoms with Crippen LogP contribution in [0.1, 0.15) is 0 Å². The highest BCUT2D eigenvalue weighted by atomic mass is 16.5. The third-order valence-corrected chi connectivity index (χ3v) is 3.47. The summed E-state index contributed by atoms with van der Waals surface area (Å²) in [5.74, 6) is 0.125. The summed E-state index contributed by atoms with van der Waals surface area (Å²) in [6.45, 7) is -0.157. The van der Waals surface area contributed by atoms with E-state index >= 15 is 0 Å². The summed E-state index contributed by atoms with van der Waals surface area (Å²) in [6.07, 6.45) is 7.59. The Morgan fingerprint density at radius 2 is 2.12 bits per heavy atom. The van der Waals surface area contributed by atoms with Gasteiger partial charge in [-0.05, 0) is 12.1 Å². The molecule has 1 aromatic carbocycles. The van der Waals surface area contributed by atoms with Crippen molar-refractivity contribution in [1.29, 1.82) is 0 Å². The third kappa shape index (κ3) is 3.18. The van der Waals surface area contributed by atoms with E-state index in [-0.39, 0.29) is 6.61 Å². The van der Waals surface area contributed by atoms with E-state index in [4.69, 9.17) is 4.74 Å². The molecule has 3 aliphatic rings. The second-order valence-electron chi connectivity index (χ2n) is 5.16. The quantitative estimate of drug-likeness (QED) is 0.638. The predicted octanol–water partition coefficient (Wildman–Crippen LogP) is 0.279. The van der Waals surface area contributed by atoms with Crippen molar-refractivity contribution in [2.45, 2.75) is 0 Å². The number of ether oxygens (including phenoxy) is 1. The Morgan fingerprint density at radius 3 is 3.08 bits per heavy atom. The fourth-order valence-corrected chi connectivity index (χ4v) is 2.37.